The number of carboxylic acid groups (broad SMARTS) is 2. The second kappa shape index (κ2) is 9.18. The molecule has 0 aliphatic carbocycles. The van der Waals surface area contributed by atoms with Crippen molar-refractivity contribution in [3.63, 3.8) is 0 Å². The maximum Gasteiger partial charge on any atom is 0.322 e. The van der Waals surface area contributed by atoms with Crippen LogP contribution < -0.4 is 10.6 Å². The second-order valence-electron chi connectivity index (χ2n) is 4.19. The molecule has 8 nitrogen and oxygen atoms in total. The monoisotopic (exact) mass is 306 g/mol. The van der Waals surface area contributed by atoms with Gasteiger partial charge in [0.2, 0.25) is 11.8 Å². The Morgan fingerprint density at radius 2 is 1.80 bits per heavy atom. The zero-order chi connectivity index (χ0) is 15.7. The highest BCUT2D eigenvalue weighted by molar-refractivity contribution is 7.80. The van der Waals surface area contributed by atoms with Crippen LogP contribution in [0.4, 0.5) is 0 Å². The molecular formula is C11H18N2O6S. The number of amides is 2. The molecule has 0 aliphatic heterocycles. The topological polar surface area (TPSA) is 133 Å². The third-order valence-corrected chi connectivity index (χ3v) is 2.84. The number of rotatable bonds is 9. The number of hydrogen-bond acceptors (Lipinski definition) is 5. The van der Waals surface area contributed by atoms with Crippen molar-refractivity contribution in [2.45, 2.75) is 25.8 Å². The van der Waals surface area contributed by atoms with Crippen LogP contribution >= 0.6 is 12.6 Å². The highest BCUT2D eigenvalue weighted by Crippen LogP contribution is 2.05. The summed E-state index contributed by atoms with van der Waals surface area (Å²) < 4.78 is 0. The van der Waals surface area contributed by atoms with E-state index in [4.69, 9.17) is 10.2 Å². The largest absolute Gasteiger partial charge is 0.481 e. The summed E-state index contributed by atoms with van der Waals surface area (Å²) in [7, 11) is 0. The molecular weight excluding hydrogens is 288 g/mol. The first-order valence-electron chi connectivity index (χ1n) is 5.90. The molecule has 2 atom stereocenters. The van der Waals surface area contributed by atoms with Gasteiger partial charge in [-0.25, -0.2) is 0 Å². The molecule has 0 rings (SSSR count). The van der Waals surface area contributed by atoms with Crippen LogP contribution in [-0.4, -0.2) is 52.3 Å². The molecule has 0 saturated carbocycles. The zero-order valence-electron chi connectivity index (χ0n) is 11.0. The maximum absolute atomic E-state index is 11.5. The number of carbonyl (C=O) groups excluding carboxylic acids is 2. The van der Waals surface area contributed by atoms with Gasteiger partial charge >= 0.3 is 11.9 Å². The van der Waals surface area contributed by atoms with Crippen LogP contribution in [0.25, 0.3) is 0 Å². The number of hydrogen-bond donors (Lipinski definition) is 5. The number of carboxylic acids is 2. The quantitative estimate of drug-likeness (QED) is 0.351. The van der Waals surface area contributed by atoms with Gasteiger partial charge in [-0.2, -0.15) is 12.6 Å². The summed E-state index contributed by atoms with van der Waals surface area (Å²) >= 11 is 3.90. The minimum atomic E-state index is -1.20. The van der Waals surface area contributed by atoms with Crippen molar-refractivity contribution >= 4 is 36.4 Å². The first-order chi connectivity index (χ1) is 9.27. The van der Waals surface area contributed by atoms with Crippen molar-refractivity contribution in [3.05, 3.63) is 0 Å². The molecule has 0 aromatic rings. The lowest BCUT2D eigenvalue weighted by atomic mass is 10.1. The number of carbonyl (C=O) groups is 4. The third-order valence-electron chi connectivity index (χ3n) is 2.47. The van der Waals surface area contributed by atoms with Crippen LogP contribution in [0.2, 0.25) is 0 Å². The van der Waals surface area contributed by atoms with E-state index >= 15 is 0 Å². The van der Waals surface area contributed by atoms with E-state index in [-0.39, 0.29) is 18.6 Å². The minimum absolute atomic E-state index is 0.00563. The average molecular weight is 306 g/mol. The molecule has 0 saturated heterocycles. The summed E-state index contributed by atoms with van der Waals surface area (Å²) in [5.74, 6) is -3.98. The van der Waals surface area contributed by atoms with Crippen LogP contribution in [0.15, 0.2) is 0 Å². The van der Waals surface area contributed by atoms with Crippen molar-refractivity contribution in [2.75, 3.05) is 12.3 Å². The summed E-state index contributed by atoms with van der Waals surface area (Å²) in [4.78, 5) is 44.0. The molecule has 114 valence electrons. The van der Waals surface area contributed by atoms with Crippen LogP contribution in [0.3, 0.4) is 0 Å². The lowest BCUT2D eigenvalue weighted by molar-refractivity contribution is -0.141. The first kappa shape index (κ1) is 18.2. The predicted octanol–water partition coefficient (Wildman–Crippen LogP) is -0.897. The van der Waals surface area contributed by atoms with Crippen molar-refractivity contribution in [3.8, 4) is 0 Å². The van der Waals surface area contributed by atoms with E-state index < -0.39 is 42.3 Å². The fourth-order valence-corrected chi connectivity index (χ4v) is 1.47. The number of thiol groups is 1. The fourth-order valence-electron chi connectivity index (χ4n) is 1.22. The molecule has 0 bridgehead atoms. The van der Waals surface area contributed by atoms with Crippen molar-refractivity contribution in [1.29, 1.82) is 0 Å². The van der Waals surface area contributed by atoms with Crippen molar-refractivity contribution in [2.24, 2.45) is 5.92 Å². The molecule has 0 fully saturated rings. The van der Waals surface area contributed by atoms with Gasteiger partial charge in [0.05, 0.1) is 5.92 Å². The van der Waals surface area contributed by atoms with Gasteiger partial charge in [-0.15, -0.1) is 0 Å². The van der Waals surface area contributed by atoms with Gasteiger partial charge in [0, 0.05) is 12.2 Å². The predicted molar refractivity (Wildman–Crippen MR) is 72.5 cm³/mol. The van der Waals surface area contributed by atoms with Gasteiger partial charge in [-0.1, -0.05) is 6.92 Å². The Bertz CT molecular complexity index is 387. The van der Waals surface area contributed by atoms with Crippen molar-refractivity contribution < 1.29 is 29.4 Å². The van der Waals surface area contributed by atoms with E-state index in [0.717, 1.165) is 0 Å². The summed E-state index contributed by atoms with van der Waals surface area (Å²) in [5, 5.41) is 21.6. The Morgan fingerprint density at radius 1 is 1.20 bits per heavy atom. The molecule has 0 heterocycles. The molecule has 2 unspecified atom stereocenters. The smallest absolute Gasteiger partial charge is 0.322 e. The number of nitrogens with one attached hydrogen (secondary N) is 2. The summed E-state index contributed by atoms with van der Waals surface area (Å²) in [6, 6.07) is -0.953. The van der Waals surface area contributed by atoms with E-state index in [1.807, 2.05) is 0 Å². The first-order valence-corrected chi connectivity index (χ1v) is 6.53. The fraction of sp³-hybridized carbons (Fsp3) is 0.636. The molecule has 0 spiro atoms. The van der Waals surface area contributed by atoms with Crippen LogP contribution in [0.1, 0.15) is 19.8 Å². The highest BCUT2D eigenvalue weighted by atomic mass is 32.1. The molecule has 20 heavy (non-hydrogen) atoms. The molecule has 9 heteroatoms. The maximum atomic E-state index is 11.5. The summed E-state index contributed by atoms with van der Waals surface area (Å²) in [6.07, 6.45) is 0.112. The van der Waals surface area contributed by atoms with E-state index in [1.54, 1.807) is 0 Å². The SMILES string of the molecule is CC(CCC(=O)NC(CS)C(=O)NCC(=O)O)C(=O)O. The number of aliphatic carboxylic acids is 2. The second-order valence-corrected chi connectivity index (χ2v) is 4.56. The van der Waals surface area contributed by atoms with Crippen LogP contribution in [0.5, 0.6) is 0 Å². The van der Waals surface area contributed by atoms with Gasteiger partial charge in [-0.05, 0) is 6.42 Å². The molecule has 0 aromatic carbocycles. The Hall–Kier alpha value is -1.77. The van der Waals surface area contributed by atoms with E-state index in [1.165, 1.54) is 6.92 Å². The Morgan fingerprint density at radius 3 is 2.25 bits per heavy atom. The standard InChI is InChI=1S/C11H18N2O6S/c1-6(11(18)19)2-3-8(14)13-7(5-20)10(17)12-4-9(15)16/h6-7,20H,2-5H2,1H3,(H,12,17)(H,13,14)(H,15,16)(H,18,19). The van der Waals surface area contributed by atoms with Gasteiger partial charge in [0.15, 0.2) is 0 Å². The lowest BCUT2D eigenvalue weighted by Gasteiger charge is -2.16. The summed E-state index contributed by atoms with van der Waals surface area (Å²) in [5.41, 5.74) is 0. The zero-order valence-corrected chi connectivity index (χ0v) is 11.9. The molecule has 0 radical (unpaired) electrons. The normalized spacial score (nSPS) is 13.1. The molecule has 2 amide bonds. The van der Waals surface area contributed by atoms with Gasteiger partial charge in [0.1, 0.15) is 12.6 Å². The van der Waals surface area contributed by atoms with Crippen LogP contribution in [-0.2, 0) is 19.2 Å². The molecule has 4 N–H and O–H groups in total. The summed E-state index contributed by atoms with van der Waals surface area (Å²) in [6.45, 7) is 0.931. The Labute approximate surface area is 121 Å². The van der Waals surface area contributed by atoms with Crippen molar-refractivity contribution in [1.82, 2.24) is 10.6 Å². The van der Waals surface area contributed by atoms with Gasteiger partial charge in [0.25, 0.3) is 0 Å². The van der Waals surface area contributed by atoms with Gasteiger partial charge in [-0.3, -0.25) is 19.2 Å². The minimum Gasteiger partial charge on any atom is -0.481 e. The molecule has 0 aromatic heterocycles. The Kier molecular flexibility index (Phi) is 8.37. The van der Waals surface area contributed by atoms with Gasteiger partial charge < -0.3 is 20.8 Å². The Balaban J connectivity index is 4.21. The molecule has 0 aliphatic rings. The highest BCUT2D eigenvalue weighted by Gasteiger charge is 2.20. The lowest BCUT2D eigenvalue weighted by Crippen LogP contribution is -2.49. The average Bonchev–Trinajstić information content (AvgIpc) is 2.38. The van der Waals surface area contributed by atoms with E-state index in [0.29, 0.717) is 0 Å². The van der Waals surface area contributed by atoms with Crippen LogP contribution in [0, 0.1) is 5.92 Å². The van der Waals surface area contributed by atoms with E-state index in [2.05, 4.69) is 23.3 Å². The van der Waals surface area contributed by atoms with E-state index in [9.17, 15) is 19.2 Å². The third kappa shape index (κ3) is 7.62.